The van der Waals surface area contributed by atoms with Crippen LogP contribution in [0.1, 0.15) is 31.3 Å². The first-order chi connectivity index (χ1) is 19.0. The highest BCUT2D eigenvalue weighted by molar-refractivity contribution is 7.13. The van der Waals surface area contributed by atoms with Crippen LogP contribution in [0.25, 0.3) is 32.5 Å². The number of aryl methyl sites for hydroxylation is 1. The van der Waals surface area contributed by atoms with Gasteiger partial charge in [-0.3, -0.25) is 23.6 Å². The molecule has 0 spiro atoms. The molecular weight excluding hydrogens is 517 g/mol. The first-order valence-corrected chi connectivity index (χ1v) is 13.1. The highest BCUT2D eigenvalue weighted by Gasteiger charge is 2.27. The van der Waals surface area contributed by atoms with Gasteiger partial charge in [0.2, 0.25) is 5.95 Å². The zero-order valence-electron chi connectivity index (χ0n) is 21.7. The Balaban J connectivity index is 1.67. The molecule has 1 unspecified atom stereocenters. The Bertz CT molecular complexity index is 1790. The largest absolute Gasteiger partial charge is 0.341 e. The molecule has 0 amide bonds. The Labute approximate surface area is 225 Å². The molecule has 1 fully saturated rings. The summed E-state index contributed by atoms with van der Waals surface area (Å²) >= 11 is 0. The van der Waals surface area contributed by atoms with Crippen LogP contribution in [-0.4, -0.2) is 47.8 Å². The summed E-state index contributed by atoms with van der Waals surface area (Å²) in [6.07, 6.45) is 2.00. The summed E-state index contributed by atoms with van der Waals surface area (Å²) in [7, 11) is 4.17. The smallest absolute Gasteiger partial charge is 0.332 e. The number of hydrogen-bond donors (Lipinski definition) is 1. The van der Waals surface area contributed by atoms with Crippen molar-refractivity contribution in [2.45, 2.75) is 45.4 Å². The maximum Gasteiger partial charge on any atom is 0.332 e. The predicted molar refractivity (Wildman–Crippen MR) is 152 cm³/mol. The summed E-state index contributed by atoms with van der Waals surface area (Å²) in [5.41, 5.74) is 9.56. The zero-order chi connectivity index (χ0) is 27.5. The van der Waals surface area contributed by atoms with Crippen LogP contribution in [0.5, 0.6) is 0 Å². The molecule has 1 saturated heterocycles. The fourth-order valence-electron chi connectivity index (χ4n) is 4.97. The Morgan fingerprint density at radius 2 is 2.05 bits per heavy atom. The summed E-state index contributed by atoms with van der Waals surface area (Å²) in [6.45, 7) is 3.37. The third kappa shape index (κ3) is 4.98. The van der Waals surface area contributed by atoms with Gasteiger partial charge in [-0.15, -0.1) is 5.92 Å². The van der Waals surface area contributed by atoms with Crippen molar-refractivity contribution in [1.82, 2.24) is 33.7 Å². The van der Waals surface area contributed by atoms with Crippen LogP contribution in [0.2, 0.25) is 0 Å². The molecule has 0 aliphatic carbocycles. The van der Waals surface area contributed by atoms with Crippen molar-refractivity contribution in [2.75, 3.05) is 18.0 Å². The highest BCUT2D eigenvalue weighted by Crippen LogP contribution is 2.24. The third-order valence-electron chi connectivity index (χ3n) is 6.88. The van der Waals surface area contributed by atoms with E-state index in [2.05, 4.69) is 51.2 Å². The Kier molecular flexibility index (Phi) is 7.61. The van der Waals surface area contributed by atoms with Crippen LogP contribution in [0.15, 0.2) is 39.0 Å². The lowest BCUT2D eigenvalue weighted by atomic mass is 10.1. The van der Waals surface area contributed by atoms with Crippen molar-refractivity contribution in [1.29, 1.82) is 0 Å². The number of para-hydroxylation sites is 1. The Morgan fingerprint density at radius 3 is 2.82 bits per heavy atom. The molecule has 1 aromatic carbocycles. The second-order valence-corrected chi connectivity index (χ2v) is 9.61. The average molecular weight is 546 g/mol. The number of fused-ring (bicyclic) bond motifs is 2. The second-order valence-electron chi connectivity index (χ2n) is 9.27. The van der Waals surface area contributed by atoms with E-state index < -0.39 is 11.2 Å². The molecule has 4 aromatic rings. The fourth-order valence-corrected chi connectivity index (χ4v) is 5.24. The molecule has 3 aromatic heterocycles. The van der Waals surface area contributed by atoms with E-state index in [1.807, 2.05) is 24.3 Å². The third-order valence-corrected chi connectivity index (χ3v) is 7.35. The first kappa shape index (κ1) is 26.4. The maximum atomic E-state index is 13.9. The van der Waals surface area contributed by atoms with Crippen LogP contribution in [0, 0.1) is 11.8 Å². The summed E-state index contributed by atoms with van der Waals surface area (Å²) in [5, 5.41) is 7.64. The van der Waals surface area contributed by atoms with Crippen molar-refractivity contribution >= 4 is 37.4 Å². The van der Waals surface area contributed by atoms with Gasteiger partial charge in [-0.1, -0.05) is 38.6 Å². The summed E-state index contributed by atoms with van der Waals surface area (Å²) < 4.78 is 4.30. The van der Waals surface area contributed by atoms with Crippen molar-refractivity contribution in [2.24, 2.45) is 12.2 Å². The van der Waals surface area contributed by atoms with Gasteiger partial charge in [-0.25, -0.2) is 14.8 Å². The number of aromatic nitrogens is 6. The molecule has 0 radical (unpaired) electrons. The Hall–Kier alpha value is -4.23. The lowest BCUT2D eigenvalue weighted by Gasteiger charge is -2.33. The summed E-state index contributed by atoms with van der Waals surface area (Å²) in [6, 6.07) is 7.59. The molecular formula is C25H28N11O2P. The zero-order valence-corrected chi connectivity index (χ0v) is 22.9. The van der Waals surface area contributed by atoms with E-state index in [0.717, 1.165) is 29.3 Å². The van der Waals surface area contributed by atoms with Gasteiger partial charge >= 0.3 is 5.69 Å². The van der Waals surface area contributed by atoms with Crippen molar-refractivity contribution < 1.29 is 0 Å². The normalized spacial score (nSPS) is 15.3. The minimum Gasteiger partial charge on any atom is -0.341 e. The van der Waals surface area contributed by atoms with Gasteiger partial charge in [0.15, 0.2) is 11.2 Å². The van der Waals surface area contributed by atoms with E-state index in [0.29, 0.717) is 34.9 Å². The van der Waals surface area contributed by atoms with Gasteiger partial charge in [-0.2, -0.15) is 4.98 Å². The van der Waals surface area contributed by atoms with E-state index in [4.69, 9.17) is 10.5 Å². The molecule has 0 bridgehead atoms. The van der Waals surface area contributed by atoms with Gasteiger partial charge in [0.05, 0.1) is 30.8 Å². The van der Waals surface area contributed by atoms with Gasteiger partial charge in [-0.05, 0) is 31.4 Å². The molecule has 14 heteroatoms. The van der Waals surface area contributed by atoms with Gasteiger partial charge < -0.3 is 4.90 Å². The monoisotopic (exact) mass is 545 g/mol. The van der Waals surface area contributed by atoms with Gasteiger partial charge in [0.25, 0.3) is 5.56 Å². The number of rotatable bonds is 7. The van der Waals surface area contributed by atoms with Crippen molar-refractivity contribution in [3.05, 3.63) is 67.1 Å². The molecule has 1 aliphatic rings. The molecule has 1 N–H and O–H groups in total. The van der Waals surface area contributed by atoms with E-state index >= 15 is 0 Å². The number of azide groups is 1. The molecule has 13 nitrogen and oxygen atoms in total. The minimum absolute atomic E-state index is 0.0201. The van der Waals surface area contributed by atoms with E-state index in [-0.39, 0.29) is 31.5 Å². The van der Waals surface area contributed by atoms with Crippen molar-refractivity contribution in [3.63, 3.8) is 0 Å². The minimum atomic E-state index is -0.526. The van der Waals surface area contributed by atoms with Crippen LogP contribution < -0.4 is 21.2 Å². The summed E-state index contributed by atoms with van der Waals surface area (Å²) in [4.78, 5) is 46.2. The first-order valence-electron chi connectivity index (χ1n) is 12.5. The van der Waals surface area contributed by atoms with Crippen LogP contribution >= 0.6 is 9.39 Å². The van der Waals surface area contributed by atoms with Crippen LogP contribution in [0.3, 0.4) is 0 Å². The van der Waals surface area contributed by atoms with E-state index in [1.54, 1.807) is 18.5 Å². The maximum absolute atomic E-state index is 13.9. The van der Waals surface area contributed by atoms with Gasteiger partial charge in [0.1, 0.15) is 5.82 Å². The number of anilines is 1. The predicted octanol–water partition coefficient (Wildman–Crippen LogP) is 2.07. The van der Waals surface area contributed by atoms with E-state index in [1.165, 1.54) is 4.57 Å². The quantitative estimate of drug-likeness (QED) is 0.123. The highest BCUT2D eigenvalue weighted by atomic mass is 31.0. The molecule has 1 aliphatic heterocycles. The Morgan fingerprint density at radius 1 is 1.23 bits per heavy atom. The number of hydrogen-bond acceptors (Lipinski definition) is 8. The van der Waals surface area contributed by atoms with Crippen LogP contribution in [-0.2, 0) is 26.7 Å². The standard InChI is InChI=1S/C25H28N11O2P/c1-3-4-12-35-21-22(30-24(35)34-11-7-8-16(14-34)31-39)33(2)25(38)36(23(21)37)15-20-28-18-10-6-5-9-17(18)19(29-20)13-27-32-26/h5-6,9-10,16,31H,7-8,11-15,39H2,1-2H3/t16-/m1/s1. The molecule has 0 saturated carbocycles. The second kappa shape index (κ2) is 11.3. The number of imidazole rings is 1. The molecule has 39 heavy (non-hydrogen) atoms. The lowest BCUT2D eigenvalue weighted by Crippen LogP contribution is -2.44. The fraction of sp³-hybridized carbons (Fsp3) is 0.400. The van der Waals surface area contributed by atoms with Crippen LogP contribution in [0.4, 0.5) is 5.95 Å². The molecule has 200 valence electrons. The van der Waals surface area contributed by atoms with E-state index in [9.17, 15) is 9.59 Å². The molecule has 5 rings (SSSR count). The SMILES string of the molecule is CC#CCn1c(N2CCC[C@@H](NP)C2)nc2c1c(=O)n(Cc1nc(CN=[N+]=[N-])c3ccccc3n1)c(=O)n2C. The molecule has 4 heterocycles. The number of benzene rings is 1. The number of nitrogens with zero attached hydrogens (tertiary/aromatic N) is 10. The average Bonchev–Trinajstić information content (AvgIpc) is 3.35. The van der Waals surface area contributed by atoms with Crippen molar-refractivity contribution in [3.8, 4) is 11.8 Å². The number of nitrogens with one attached hydrogen (secondary N) is 1. The molecule has 2 atom stereocenters. The lowest BCUT2D eigenvalue weighted by molar-refractivity contribution is 0.476. The topological polar surface area (TPSA) is 152 Å². The van der Waals surface area contributed by atoms with Gasteiger partial charge in [0, 0.05) is 36.5 Å². The summed E-state index contributed by atoms with van der Waals surface area (Å²) in [5.74, 6) is 6.82. The number of piperidine rings is 1.